The summed E-state index contributed by atoms with van der Waals surface area (Å²) in [5, 5.41) is 6.79. The van der Waals surface area contributed by atoms with Crippen LogP contribution in [0.2, 0.25) is 0 Å². The maximum absolute atomic E-state index is 13.0. The van der Waals surface area contributed by atoms with E-state index in [2.05, 4.69) is 10.5 Å². The number of anilines is 1. The van der Waals surface area contributed by atoms with E-state index in [1.807, 2.05) is 30.3 Å². The van der Waals surface area contributed by atoms with Gasteiger partial charge in [-0.15, -0.1) is 0 Å². The Morgan fingerprint density at radius 2 is 1.87 bits per heavy atom. The number of hydrogen-bond acceptors (Lipinski definition) is 6. The van der Waals surface area contributed by atoms with E-state index in [1.54, 1.807) is 45.0 Å². The molecule has 0 saturated heterocycles. The van der Waals surface area contributed by atoms with Gasteiger partial charge < -0.3 is 19.0 Å². The summed E-state index contributed by atoms with van der Waals surface area (Å²) < 4.78 is 16.6. The monoisotopic (exact) mass is 404 g/mol. The van der Waals surface area contributed by atoms with Crippen molar-refractivity contribution in [3.63, 3.8) is 0 Å². The number of nitrogens with one attached hydrogen (secondary N) is 1. The Morgan fingerprint density at radius 3 is 2.57 bits per heavy atom. The van der Waals surface area contributed by atoms with E-state index < -0.39 is 6.10 Å². The molecule has 7 nitrogen and oxygen atoms in total. The van der Waals surface area contributed by atoms with Crippen LogP contribution < -0.4 is 15.5 Å². The van der Waals surface area contributed by atoms with Gasteiger partial charge in [-0.2, -0.15) is 0 Å². The summed E-state index contributed by atoms with van der Waals surface area (Å²) in [4.78, 5) is 25.3. The Bertz CT molecular complexity index is 1270. The summed E-state index contributed by atoms with van der Waals surface area (Å²) in [6.45, 7) is 5.11. The molecule has 7 heteroatoms. The summed E-state index contributed by atoms with van der Waals surface area (Å²) >= 11 is 0. The van der Waals surface area contributed by atoms with Crippen molar-refractivity contribution in [2.24, 2.45) is 0 Å². The summed E-state index contributed by atoms with van der Waals surface area (Å²) in [6.07, 6.45) is -0.795. The van der Waals surface area contributed by atoms with Crippen molar-refractivity contribution in [2.45, 2.75) is 26.9 Å². The van der Waals surface area contributed by atoms with Gasteiger partial charge in [-0.1, -0.05) is 35.5 Å². The summed E-state index contributed by atoms with van der Waals surface area (Å²) in [5.74, 6) is 1.47. The molecule has 0 aliphatic carbocycles. The van der Waals surface area contributed by atoms with Gasteiger partial charge in [0.05, 0.1) is 10.9 Å². The zero-order valence-electron chi connectivity index (χ0n) is 16.8. The van der Waals surface area contributed by atoms with Gasteiger partial charge in [-0.3, -0.25) is 9.59 Å². The Kier molecular flexibility index (Phi) is 5.10. The van der Waals surface area contributed by atoms with Crippen molar-refractivity contribution in [1.82, 2.24) is 5.16 Å². The van der Waals surface area contributed by atoms with Crippen LogP contribution >= 0.6 is 0 Å². The highest BCUT2D eigenvalue weighted by atomic mass is 16.5. The SMILES string of the molecule is Cc1cc(NC(=O)C(C)Oc2ccc3c(=O)c(-c4ccccc4)c(C)oc3c2)no1. The fraction of sp³-hybridized carbons (Fsp3) is 0.174. The predicted molar refractivity (Wildman–Crippen MR) is 113 cm³/mol. The lowest BCUT2D eigenvalue weighted by Gasteiger charge is -2.14. The number of rotatable bonds is 5. The molecule has 1 amide bonds. The first-order chi connectivity index (χ1) is 14.4. The van der Waals surface area contributed by atoms with E-state index in [1.165, 1.54) is 0 Å². The third-order valence-corrected chi connectivity index (χ3v) is 4.66. The lowest BCUT2D eigenvalue weighted by Crippen LogP contribution is -2.30. The second-order valence-corrected chi connectivity index (χ2v) is 6.96. The third-order valence-electron chi connectivity index (χ3n) is 4.66. The lowest BCUT2D eigenvalue weighted by atomic mass is 10.0. The number of aromatic nitrogens is 1. The van der Waals surface area contributed by atoms with E-state index in [0.717, 1.165) is 5.56 Å². The second kappa shape index (κ2) is 7.87. The van der Waals surface area contributed by atoms with Crippen LogP contribution in [0.4, 0.5) is 5.82 Å². The average molecular weight is 404 g/mol. The third kappa shape index (κ3) is 3.82. The number of fused-ring (bicyclic) bond motifs is 1. The quantitative estimate of drug-likeness (QED) is 0.527. The zero-order valence-corrected chi connectivity index (χ0v) is 16.8. The van der Waals surface area contributed by atoms with Gasteiger partial charge >= 0.3 is 0 Å². The first kappa shape index (κ1) is 19.4. The molecule has 2 aromatic carbocycles. The number of carbonyl (C=O) groups is 1. The van der Waals surface area contributed by atoms with Crippen LogP contribution in [0.5, 0.6) is 5.75 Å². The Hall–Kier alpha value is -3.87. The number of ether oxygens (including phenoxy) is 1. The van der Waals surface area contributed by atoms with E-state index >= 15 is 0 Å². The van der Waals surface area contributed by atoms with Crippen LogP contribution in [0.25, 0.3) is 22.1 Å². The highest BCUT2D eigenvalue weighted by molar-refractivity contribution is 5.93. The first-order valence-electron chi connectivity index (χ1n) is 9.46. The molecular formula is C23H20N2O5. The van der Waals surface area contributed by atoms with Gasteiger partial charge in [0.15, 0.2) is 11.9 Å². The zero-order chi connectivity index (χ0) is 21.3. The molecule has 4 aromatic rings. The summed E-state index contributed by atoms with van der Waals surface area (Å²) in [5.41, 5.74) is 1.62. The first-order valence-corrected chi connectivity index (χ1v) is 9.46. The average Bonchev–Trinajstić information content (AvgIpc) is 3.13. The maximum Gasteiger partial charge on any atom is 0.266 e. The Balaban J connectivity index is 1.59. The van der Waals surface area contributed by atoms with Crippen LogP contribution in [0.1, 0.15) is 18.4 Å². The van der Waals surface area contributed by atoms with Gasteiger partial charge in [0, 0.05) is 12.1 Å². The van der Waals surface area contributed by atoms with Crippen LogP contribution in [-0.4, -0.2) is 17.2 Å². The Morgan fingerprint density at radius 1 is 1.10 bits per heavy atom. The van der Waals surface area contributed by atoms with Crippen molar-refractivity contribution in [1.29, 1.82) is 0 Å². The molecule has 1 atom stereocenters. The number of hydrogen-bond donors (Lipinski definition) is 1. The normalized spacial score (nSPS) is 12.0. The van der Waals surface area contributed by atoms with Crippen LogP contribution in [0.15, 0.2) is 68.3 Å². The van der Waals surface area contributed by atoms with Crippen LogP contribution in [0.3, 0.4) is 0 Å². The molecule has 0 spiro atoms. The van der Waals surface area contributed by atoms with E-state index in [9.17, 15) is 9.59 Å². The van der Waals surface area contributed by atoms with Crippen molar-refractivity contribution in [2.75, 3.05) is 5.32 Å². The van der Waals surface area contributed by atoms with Gasteiger partial charge in [-0.05, 0) is 38.5 Å². The van der Waals surface area contributed by atoms with Gasteiger partial charge in [0.1, 0.15) is 22.9 Å². The van der Waals surface area contributed by atoms with Crippen molar-refractivity contribution in [3.05, 3.63) is 76.3 Å². The molecule has 0 aliphatic rings. The number of amides is 1. The van der Waals surface area contributed by atoms with E-state index in [-0.39, 0.29) is 11.3 Å². The fourth-order valence-electron chi connectivity index (χ4n) is 3.21. The number of aryl methyl sites for hydroxylation is 2. The van der Waals surface area contributed by atoms with Gasteiger partial charge in [0.2, 0.25) is 5.43 Å². The molecule has 1 unspecified atom stereocenters. The van der Waals surface area contributed by atoms with Crippen LogP contribution in [0, 0.1) is 13.8 Å². The highest BCUT2D eigenvalue weighted by Gasteiger charge is 2.18. The van der Waals surface area contributed by atoms with Crippen LogP contribution in [-0.2, 0) is 4.79 Å². The summed E-state index contributed by atoms with van der Waals surface area (Å²) in [6, 6.07) is 15.9. The molecule has 152 valence electrons. The van der Waals surface area contributed by atoms with Crippen molar-refractivity contribution >= 4 is 22.7 Å². The topological polar surface area (TPSA) is 94.6 Å². The predicted octanol–water partition coefficient (Wildman–Crippen LogP) is 4.47. The summed E-state index contributed by atoms with van der Waals surface area (Å²) in [7, 11) is 0. The molecule has 1 N–H and O–H groups in total. The molecule has 0 aliphatic heterocycles. The maximum atomic E-state index is 13.0. The molecule has 2 aromatic heterocycles. The molecule has 2 heterocycles. The number of nitrogens with zero attached hydrogens (tertiary/aromatic N) is 1. The smallest absolute Gasteiger partial charge is 0.266 e. The Labute approximate surface area is 172 Å². The number of benzene rings is 2. The van der Waals surface area contributed by atoms with Crippen molar-refractivity contribution in [3.8, 4) is 16.9 Å². The number of carbonyl (C=O) groups excluding carboxylic acids is 1. The lowest BCUT2D eigenvalue weighted by molar-refractivity contribution is -0.122. The highest BCUT2D eigenvalue weighted by Crippen LogP contribution is 2.26. The van der Waals surface area contributed by atoms with Gasteiger partial charge in [-0.25, -0.2) is 0 Å². The van der Waals surface area contributed by atoms with Gasteiger partial charge in [0.25, 0.3) is 5.91 Å². The minimum absolute atomic E-state index is 0.112. The molecule has 4 rings (SSSR count). The van der Waals surface area contributed by atoms with E-state index in [0.29, 0.717) is 39.6 Å². The largest absolute Gasteiger partial charge is 0.481 e. The van der Waals surface area contributed by atoms with Crippen molar-refractivity contribution < 1.29 is 18.5 Å². The minimum atomic E-state index is -0.795. The molecule has 0 radical (unpaired) electrons. The standard InChI is InChI=1S/C23H20N2O5/c1-13-11-20(25-30-13)24-23(27)15(3)28-17-9-10-18-19(12-17)29-14(2)21(22(18)26)16-7-5-4-6-8-16/h4-12,15H,1-3H3,(H,24,25,27). The molecule has 0 fully saturated rings. The second-order valence-electron chi connectivity index (χ2n) is 6.96. The molecular weight excluding hydrogens is 384 g/mol. The molecule has 0 saturated carbocycles. The minimum Gasteiger partial charge on any atom is -0.481 e. The van der Waals surface area contributed by atoms with E-state index in [4.69, 9.17) is 13.7 Å². The molecule has 30 heavy (non-hydrogen) atoms. The molecule has 0 bridgehead atoms. The fourth-order valence-corrected chi connectivity index (χ4v) is 3.21.